The Morgan fingerprint density at radius 1 is 1.50 bits per heavy atom. The van der Waals surface area contributed by atoms with Gasteiger partial charge in [-0.15, -0.1) is 0 Å². The van der Waals surface area contributed by atoms with E-state index < -0.39 is 0 Å². The molecule has 2 nitrogen and oxygen atoms in total. The number of hydrogen-bond donors (Lipinski definition) is 1. The minimum Gasteiger partial charge on any atom is -0.361 e. The summed E-state index contributed by atoms with van der Waals surface area (Å²) < 4.78 is 0. The van der Waals surface area contributed by atoms with E-state index >= 15 is 0 Å². The molecule has 80 valence electrons. The van der Waals surface area contributed by atoms with Gasteiger partial charge in [0.05, 0.1) is 0 Å². The molecule has 1 aliphatic carbocycles. The van der Waals surface area contributed by atoms with Crippen LogP contribution in [0.4, 0.5) is 0 Å². The molecule has 0 aromatic heterocycles. The highest BCUT2D eigenvalue weighted by Gasteiger charge is 2.23. The van der Waals surface area contributed by atoms with Crippen LogP contribution in [0.15, 0.2) is 4.99 Å². The Hall–Kier alpha value is -0.180. The zero-order chi connectivity index (χ0) is 9.97. The molecular formula is C11H20N2S. The molecule has 1 saturated carbocycles. The lowest BCUT2D eigenvalue weighted by atomic mass is 9.86. The molecule has 0 radical (unpaired) electrons. The number of nitrogens with zero attached hydrogens (tertiary/aromatic N) is 1. The molecule has 1 atom stereocenters. The van der Waals surface area contributed by atoms with Gasteiger partial charge < -0.3 is 5.32 Å². The van der Waals surface area contributed by atoms with Crippen LogP contribution < -0.4 is 5.32 Å². The van der Waals surface area contributed by atoms with Gasteiger partial charge in [-0.1, -0.05) is 32.0 Å². The molecule has 0 unspecified atom stereocenters. The first-order valence-corrected chi connectivity index (χ1v) is 6.68. The standard InChI is InChI=1S/C11H20N2S/c1-8(2)10-7-14-11(13-10)12-6-9-4-3-5-9/h8-10H,3-7H2,1-2H3,(H,12,13)/t10-/m1/s1. The normalized spacial score (nSPS) is 30.8. The summed E-state index contributed by atoms with van der Waals surface area (Å²) in [5.74, 6) is 2.81. The molecule has 1 aliphatic heterocycles. The van der Waals surface area contributed by atoms with Crippen LogP contribution in [-0.4, -0.2) is 23.5 Å². The number of rotatable bonds is 3. The van der Waals surface area contributed by atoms with Crippen molar-refractivity contribution in [3.63, 3.8) is 0 Å². The number of amidine groups is 1. The predicted molar refractivity (Wildman–Crippen MR) is 63.9 cm³/mol. The molecule has 1 saturated heterocycles. The van der Waals surface area contributed by atoms with Gasteiger partial charge in [0.25, 0.3) is 0 Å². The van der Waals surface area contributed by atoms with Gasteiger partial charge in [-0.25, -0.2) is 0 Å². The molecule has 0 amide bonds. The van der Waals surface area contributed by atoms with Crippen molar-refractivity contribution in [3.05, 3.63) is 0 Å². The number of nitrogens with one attached hydrogen (secondary N) is 1. The average Bonchev–Trinajstić information content (AvgIpc) is 2.50. The molecule has 3 heteroatoms. The predicted octanol–water partition coefficient (Wildman–Crippen LogP) is 2.50. The monoisotopic (exact) mass is 212 g/mol. The van der Waals surface area contributed by atoms with Gasteiger partial charge in [0, 0.05) is 18.3 Å². The summed E-state index contributed by atoms with van der Waals surface area (Å²) >= 11 is 1.89. The molecule has 2 rings (SSSR count). The molecule has 0 aromatic carbocycles. The first-order valence-electron chi connectivity index (χ1n) is 5.69. The lowest BCUT2D eigenvalue weighted by Gasteiger charge is -2.23. The van der Waals surface area contributed by atoms with Crippen molar-refractivity contribution in [1.29, 1.82) is 0 Å². The van der Waals surface area contributed by atoms with Crippen molar-refractivity contribution in [1.82, 2.24) is 5.32 Å². The molecule has 14 heavy (non-hydrogen) atoms. The molecule has 1 heterocycles. The van der Waals surface area contributed by atoms with Gasteiger partial charge >= 0.3 is 0 Å². The molecule has 0 aromatic rings. The van der Waals surface area contributed by atoms with Gasteiger partial charge in [0.1, 0.15) is 0 Å². The summed E-state index contributed by atoms with van der Waals surface area (Å²) in [5.41, 5.74) is 0. The maximum Gasteiger partial charge on any atom is 0.156 e. The quantitative estimate of drug-likeness (QED) is 0.777. The maximum absolute atomic E-state index is 4.65. The summed E-state index contributed by atoms with van der Waals surface area (Å²) in [5, 5.41) is 4.70. The van der Waals surface area contributed by atoms with Crippen LogP contribution in [0.25, 0.3) is 0 Å². The van der Waals surface area contributed by atoms with E-state index in [9.17, 15) is 0 Å². The van der Waals surface area contributed by atoms with Crippen LogP contribution in [-0.2, 0) is 0 Å². The van der Waals surface area contributed by atoms with Gasteiger partial charge in [-0.05, 0) is 24.7 Å². The first kappa shape index (κ1) is 10.3. The highest BCUT2D eigenvalue weighted by molar-refractivity contribution is 8.14. The second-order valence-electron chi connectivity index (χ2n) is 4.75. The second kappa shape index (κ2) is 4.56. The number of aliphatic imine (C=N–C) groups is 1. The third-order valence-corrected chi connectivity index (χ3v) is 4.28. The molecule has 1 N–H and O–H groups in total. The van der Waals surface area contributed by atoms with E-state index in [1.807, 2.05) is 11.8 Å². The smallest absolute Gasteiger partial charge is 0.156 e. The fourth-order valence-corrected chi connectivity index (χ4v) is 2.95. The van der Waals surface area contributed by atoms with Crippen LogP contribution in [0.1, 0.15) is 33.1 Å². The first-order chi connectivity index (χ1) is 6.75. The summed E-state index contributed by atoms with van der Waals surface area (Å²) in [6.07, 6.45) is 4.22. The molecule has 0 bridgehead atoms. The third kappa shape index (κ3) is 2.44. The Balaban J connectivity index is 1.76. The number of hydrogen-bond acceptors (Lipinski definition) is 2. The zero-order valence-corrected chi connectivity index (χ0v) is 9.94. The number of thioether (sulfide) groups is 1. The molecule has 0 spiro atoms. The Morgan fingerprint density at radius 2 is 2.29 bits per heavy atom. The van der Waals surface area contributed by atoms with E-state index in [1.165, 1.54) is 30.2 Å². The highest BCUT2D eigenvalue weighted by atomic mass is 32.2. The Bertz CT molecular complexity index is 221. The highest BCUT2D eigenvalue weighted by Crippen LogP contribution is 2.27. The van der Waals surface area contributed by atoms with E-state index in [4.69, 9.17) is 0 Å². The van der Waals surface area contributed by atoms with Crippen molar-refractivity contribution in [2.75, 3.05) is 12.3 Å². The van der Waals surface area contributed by atoms with E-state index in [2.05, 4.69) is 24.2 Å². The summed E-state index contributed by atoms with van der Waals surface area (Å²) in [6.45, 7) is 5.60. The van der Waals surface area contributed by atoms with Crippen molar-refractivity contribution in [3.8, 4) is 0 Å². The Morgan fingerprint density at radius 3 is 2.79 bits per heavy atom. The molecular weight excluding hydrogens is 192 g/mol. The third-order valence-electron chi connectivity index (χ3n) is 3.23. The Labute approximate surface area is 90.9 Å². The van der Waals surface area contributed by atoms with Crippen LogP contribution in [0.2, 0.25) is 0 Å². The fraction of sp³-hybridized carbons (Fsp3) is 0.909. The van der Waals surface area contributed by atoms with Crippen molar-refractivity contribution >= 4 is 16.9 Å². The lowest BCUT2D eigenvalue weighted by Crippen LogP contribution is -2.32. The lowest BCUT2D eigenvalue weighted by molar-refractivity contribution is 0.326. The van der Waals surface area contributed by atoms with Gasteiger partial charge in [0.15, 0.2) is 5.17 Å². The summed E-state index contributed by atoms with van der Waals surface area (Å²) in [6, 6.07) is 0.639. The van der Waals surface area contributed by atoms with E-state index in [0.29, 0.717) is 6.04 Å². The largest absolute Gasteiger partial charge is 0.361 e. The van der Waals surface area contributed by atoms with Gasteiger partial charge in [0.2, 0.25) is 0 Å². The van der Waals surface area contributed by atoms with Crippen molar-refractivity contribution in [2.45, 2.75) is 39.2 Å². The molecule has 2 fully saturated rings. The average molecular weight is 212 g/mol. The fourth-order valence-electron chi connectivity index (χ4n) is 1.75. The maximum atomic E-state index is 4.65. The van der Waals surface area contributed by atoms with Crippen LogP contribution in [0.5, 0.6) is 0 Å². The second-order valence-corrected chi connectivity index (χ2v) is 5.76. The van der Waals surface area contributed by atoms with Crippen LogP contribution in [0, 0.1) is 11.8 Å². The summed E-state index contributed by atoms with van der Waals surface area (Å²) in [7, 11) is 0. The summed E-state index contributed by atoms with van der Waals surface area (Å²) in [4.78, 5) is 4.65. The topological polar surface area (TPSA) is 24.4 Å². The SMILES string of the molecule is CC(C)[C@H]1CSC(=NCC2CCC2)N1. The van der Waals surface area contributed by atoms with Gasteiger partial charge in [-0.3, -0.25) is 4.99 Å². The van der Waals surface area contributed by atoms with Crippen molar-refractivity contribution in [2.24, 2.45) is 16.8 Å². The zero-order valence-electron chi connectivity index (χ0n) is 9.12. The minimum atomic E-state index is 0.639. The molecule has 2 aliphatic rings. The van der Waals surface area contributed by atoms with E-state index in [1.54, 1.807) is 0 Å². The van der Waals surface area contributed by atoms with Crippen LogP contribution >= 0.6 is 11.8 Å². The van der Waals surface area contributed by atoms with Crippen LogP contribution in [0.3, 0.4) is 0 Å². The van der Waals surface area contributed by atoms with Gasteiger partial charge in [-0.2, -0.15) is 0 Å². The van der Waals surface area contributed by atoms with E-state index in [-0.39, 0.29) is 0 Å². The van der Waals surface area contributed by atoms with Crippen molar-refractivity contribution < 1.29 is 0 Å². The van der Waals surface area contributed by atoms with E-state index in [0.717, 1.165) is 18.4 Å². The minimum absolute atomic E-state index is 0.639. The Kier molecular flexibility index (Phi) is 3.37.